The number of hydrogen-bond donors (Lipinski definition) is 2. The maximum Gasteiger partial charge on any atom is 0.345 e. The fourth-order valence-electron chi connectivity index (χ4n) is 2.80. The van der Waals surface area contributed by atoms with Crippen molar-refractivity contribution in [3.05, 3.63) is 99.5 Å². The van der Waals surface area contributed by atoms with Crippen LogP contribution >= 0.6 is 23.2 Å². The maximum atomic E-state index is 12.4. The fraction of sp³-hybridized carbons (Fsp3) is 0.0870. The van der Waals surface area contributed by atoms with Crippen molar-refractivity contribution >= 4 is 41.0 Å². The molecule has 0 aliphatic heterocycles. The van der Waals surface area contributed by atoms with Gasteiger partial charge in [-0.25, -0.2) is 9.59 Å². The molecule has 0 radical (unpaired) electrons. The molecule has 1 atom stereocenters. The SMILES string of the molecule is O=C(N[C@@H](Cc1ccc(OC(=O)c2ccccc2Cl)cc1)C(=O)O)c1ccccc1Cl. The summed E-state index contributed by atoms with van der Waals surface area (Å²) in [6.07, 6.45) is 0.0320. The van der Waals surface area contributed by atoms with Gasteiger partial charge in [-0.15, -0.1) is 0 Å². The number of esters is 1. The van der Waals surface area contributed by atoms with E-state index in [-0.39, 0.29) is 33.3 Å². The van der Waals surface area contributed by atoms with Gasteiger partial charge in [-0.2, -0.15) is 0 Å². The van der Waals surface area contributed by atoms with Crippen LogP contribution in [0.5, 0.6) is 5.75 Å². The Hall–Kier alpha value is -3.35. The number of amides is 1. The third-order valence-electron chi connectivity index (χ3n) is 4.39. The van der Waals surface area contributed by atoms with E-state index in [4.69, 9.17) is 27.9 Å². The second-order valence-corrected chi connectivity index (χ2v) is 7.38. The third kappa shape index (κ3) is 5.84. The number of hydrogen-bond acceptors (Lipinski definition) is 4. The first kappa shape index (κ1) is 22.3. The van der Waals surface area contributed by atoms with E-state index in [9.17, 15) is 19.5 Å². The molecule has 0 saturated carbocycles. The summed E-state index contributed by atoms with van der Waals surface area (Å²) in [7, 11) is 0. The smallest absolute Gasteiger partial charge is 0.345 e. The van der Waals surface area contributed by atoms with Crippen LogP contribution in [0.1, 0.15) is 26.3 Å². The molecule has 6 nitrogen and oxygen atoms in total. The minimum absolute atomic E-state index is 0.0320. The van der Waals surface area contributed by atoms with Crippen molar-refractivity contribution in [1.82, 2.24) is 5.32 Å². The number of carbonyl (C=O) groups is 3. The molecule has 0 saturated heterocycles. The Morgan fingerprint density at radius 3 is 1.94 bits per heavy atom. The van der Waals surface area contributed by atoms with Gasteiger partial charge in [0, 0.05) is 6.42 Å². The summed E-state index contributed by atoms with van der Waals surface area (Å²) in [5.41, 5.74) is 1.06. The number of benzene rings is 3. The van der Waals surface area contributed by atoms with Crippen LogP contribution in [0.2, 0.25) is 10.0 Å². The number of halogens is 2. The highest BCUT2D eigenvalue weighted by Crippen LogP contribution is 2.20. The molecule has 0 bridgehead atoms. The molecule has 3 aromatic carbocycles. The van der Waals surface area contributed by atoms with Crippen molar-refractivity contribution in [3.63, 3.8) is 0 Å². The van der Waals surface area contributed by atoms with Crippen molar-refractivity contribution in [2.45, 2.75) is 12.5 Å². The van der Waals surface area contributed by atoms with Gasteiger partial charge in [-0.1, -0.05) is 59.6 Å². The Labute approximate surface area is 188 Å². The van der Waals surface area contributed by atoms with E-state index in [0.717, 1.165) is 0 Å². The highest BCUT2D eigenvalue weighted by Gasteiger charge is 2.22. The Balaban J connectivity index is 1.66. The van der Waals surface area contributed by atoms with Crippen LogP contribution in [0, 0.1) is 0 Å². The van der Waals surface area contributed by atoms with Crippen LogP contribution in [0.4, 0.5) is 0 Å². The largest absolute Gasteiger partial charge is 0.480 e. The molecule has 0 heterocycles. The van der Waals surface area contributed by atoms with Crippen molar-refractivity contribution in [1.29, 1.82) is 0 Å². The van der Waals surface area contributed by atoms with Gasteiger partial charge in [0.2, 0.25) is 0 Å². The average Bonchev–Trinajstić information content (AvgIpc) is 2.75. The topological polar surface area (TPSA) is 92.7 Å². The van der Waals surface area contributed by atoms with Gasteiger partial charge in [0.25, 0.3) is 5.91 Å². The molecule has 2 N–H and O–H groups in total. The zero-order valence-corrected chi connectivity index (χ0v) is 17.6. The summed E-state index contributed by atoms with van der Waals surface area (Å²) in [5, 5.41) is 12.5. The monoisotopic (exact) mass is 457 g/mol. The van der Waals surface area contributed by atoms with Gasteiger partial charge in [0.15, 0.2) is 0 Å². The number of aliphatic carboxylic acids is 1. The maximum absolute atomic E-state index is 12.4. The highest BCUT2D eigenvalue weighted by atomic mass is 35.5. The molecular formula is C23H17Cl2NO5. The van der Waals surface area contributed by atoms with Crippen molar-refractivity contribution in [2.75, 3.05) is 0 Å². The van der Waals surface area contributed by atoms with Crippen LogP contribution in [0.15, 0.2) is 72.8 Å². The molecule has 0 unspecified atom stereocenters. The van der Waals surface area contributed by atoms with Gasteiger partial charge < -0.3 is 15.2 Å². The predicted octanol–water partition coefficient (Wildman–Crippen LogP) is 4.64. The molecule has 1 amide bonds. The molecule has 3 rings (SSSR count). The first-order chi connectivity index (χ1) is 14.8. The lowest BCUT2D eigenvalue weighted by molar-refractivity contribution is -0.139. The van der Waals surface area contributed by atoms with Gasteiger partial charge >= 0.3 is 11.9 Å². The zero-order valence-electron chi connectivity index (χ0n) is 16.0. The summed E-state index contributed by atoms with van der Waals surface area (Å²) in [6.45, 7) is 0. The normalized spacial score (nSPS) is 11.4. The molecule has 158 valence electrons. The van der Waals surface area contributed by atoms with Gasteiger partial charge in [0.1, 0.15) is 11.8 Å². The van der Waals surface area contributed by atoms with Gasteiger partial charge in [0.05, 0.1) is 21.2 Å². The number of carboxylic acids is 1. The Morgan fingerprint density at radius 2 is 1.39 bits per heavy atom. The van der Waals surface area contributed by atoms with Crippen LogP contribution in [-0.2, 0) is 11.2 Å². The van der Waals surface area contributed by atoms with Crippen LogP contribution in [-0.4, -0.2) is 29.0 Å². The molecule has 0 aromatic heterocycles. The van der Waals surface area contributed by atoms with Crippen molar-refractivity contribution in [2.24, 2.45) is 0 Å². The van der Waals surface area contributed by atoms with E-state index in [1.807, 2.05) is 0 Å². The highest BCUT2D eigenvalue weighted by molar-refractivity contribution is 6.34. The first-order valence-corrected chi connectivity index (χ1v) is 9.94. The summed E-state index contributed by atoms with van der Waals surface area (Å²) < 4.78 is 5.30. The van der Waals surface area contributed by atoms with E-state index in [0.29, 0.717) is 5.56 Å². The standard InChI is InChI=1S/C23H17Cl2NO5/c24-18-7-3-1-5-16(18)21(27)26-20(22(28)29)13-14-9-11-15(12-10-14)31-23(30)17-6-2-4-8-19(17)25/h1-12,20H,13H2,(H,26,27)(H,28,29)/t20-/m0/s1. The fourth-order valence-corrected chi connectivity index (χ4v) is 3.23. The van der Waals surface area contributed by atoms with E-state index >= 15 is 0 Å². The van der Waals surface area contributed by atoms with Crippen molar-refractivity contribution < 1.29 is 24.2 Å². The predicted molar refractivity (Wildman–Crippen MR) is 117 cm³/mol. The number of ether oxygens (including phenoxy) is 1. The summed E-state index contributed by atoms with van der Waals surface area (Å²) in [4.78, 5) is 36.2. The van der Waals surface area contributed by atoms with E-state index in [1.165, 1.54) is 6.07 Å². The molecule has 0 fully saturated rings. The van der Waals surface area contributed by atoms with Crippen molar-refractivity contribution in [3.8, 4) is 5.75 Å². The average molecular weight is 458 g/mol. The molecule has 3 aromatic rings. The Kier molecular flexibility index (Phi) is 7.28. The van der Waals surface area contributed by atoms with Crippen LogP contribution < -0.4 is 10.1 Å². The Morgan fingerprint density at radius 1 is 0.839 bits per heavy atom. The van der Waals surface area contributed by atoms with E-state index in [1.54, 1.807) is 66.7 Å². The molecule has 0 spiro atoms. The zero-order chi connectivity index (χ0) is 22.4. The number of nitrogens with one attached hydrogen (secondary N) is 1. The molecule has 0 aliphatic rings. The summed E-state index contributed by atoms with van der Waals surface area (Å²) in [5.74, 6) is -2.09. The molecule has 8 heteroatoms. The minimum atomic E-state index is -1.19. The van der Waals surface area contributed by atoms with Crippen LogP contribution in [0.25, 0.3) is 0 Å². The second kappa shape index (κ2) is 10.1. The minimum Gasteiger partial charge on any atom is -0.480 e. The summed E-state index contributed by atoms with van der Waals surface area (Å²) in [6, 6.07) is 18.0. The number of carboxylic acid groups (broad SMARTS) is 1. The first-order valence-electron chi connectivity index (χ1n) is 9.19. The van der Waals surface area contributed by atoms with Gasteiger partial charge in [-0.3, -0.25) is 4.79 Å². The second-order valence-electron chi connectivity index (χ2n) is 6.56. The van der Waals surface area contributed by atoms with Crippen LogP contribution in [0.3, 0.4) is 0 Å². The lowest BCUT2D eigenvalue weighted by Crippen LogP contribution is -2.42. The number of rotatable bonds is 7. The Bertz CT molecular complexity index is 1110. The molecule has 31 heavy (non-hydrogen) atoms. The summed E-state index contributed by atoms with van der Waals surface area (Å²) >= 11 is 12.0. The van der Waals surface area contributed by atoms with E-state index in [2.05, 4.69) is 5.32 Å². The molecule has 0 aliphatic carbocycles. The van der Waals surface area contributed by atoms with E-state index < -0.39 is 23.9 Å². The van der Waals surface area contributed by atoms with Gasteiger partial charge in [-0.05, 0) is 42.0 Å². The lowest BCUT2D eigenvalue weighted by Gasteiger charge is -2.15. The lowest BCUT2D eigenvalue weighted by atomic mass is 10.1. The number of carbonyl (C=O) groups excluding carboxylic acids is 2. The quantitative estimate of drug-likeness (QED) is 0.398. The third-order valence-corrected chi connectivity index (χ3v) is 5.05. The molecular weight excluding hydrogens is 441 g/mol.